The molecule has 0 fully saturated rings. The van der Waals surface area contributed by atoms with Crippen molar-refractivity contribution in [3.05, 3.63) is 108 Å². The first kappa shape index (κ1) is 20.1. The molecule has 0 amide bonds. The zero-order chi connectivity index (χ0) is 21.6. The van der Waals surface area contributed by atoms with Gasteiger partial charge in [-0.25, -0.2) is 9.37 Å². The Bertz CT molecular complexity index is 1230. The summed E-state index contributed by atoms with van der Waals surface area (Å²) in [4.78, 5) is 4.37. The molecule has 0 spiro atoms. The van der Waals surface area contributed by atoms with Gasteiger partial charge in [0, 0.05) is 6.20 Å². The van der Waals surface area contributed by atoms with Gasteiger partial charge in [0.1, 0.15) is 11.6 Å². The van der Waals surface area contributed by atoms with Crippen molar-refractivity contribution in [2.75, 3.05) is 5.32 Å². The minimum atomic E-state index is -0.426. The SMILES string of the molecule is C[C@H](Nc1cc(-c2cccc(C#N)c2)ccn1)c1ccc(Oc2ccccc2)c(F)c1. The highest BCUT2D eigenvalue weighted by Gasteiger charge is 2.12. The third kappa shape index (κ3) is 4.88. The van der Waals surface area contributed by atoms with E-state index in [1.54, 1.807) is 30.5 Å². The summed E-state index contributed by atoms with van der Waals surface area (Å²) in [7, 11) is 0. The normalized spacial score (nSPS) is 11.4. The van der Waals surface area contributed by atoms with E-state index in [1.165, 1.54) is 6.07 Å². The van der Waals surface area contributed by atoms with Crippen LogP contribution in [-0.2, 0) is 0 Å². The first-order valence-corrected chi connectivity index (χ1v) is 9.88. The average molecular weight is 409 g/mol. The number of nitrogens with zero attached hydrogens (tertiary/aromatic N) is 2. The van der Waals surface area contributed by atoms with E-state index in [-0.39, 0.29) is 11.8 Å². The minimum Gasteiger partial charge on any atom is -0.454 e. The van der Waals surface area contributed by atoms with Crippen LogP contribution >= 0.6 is 0 Å². The number of anilines is 1. The van der Waals surface area contributed by atoms with Crippen molar-refractivity contribution in [2.45, 2.75) is 13.0 Å². The molecule has 1 atom stereocenters. The van der Waals surface area contributed by atoms with E-state index >= 15 is 0 Å². The number of ether oxygens (including phenoxy) is 1. The Morgan fingerprint density at radius 3 is 2.52 bits per heavy atom. The molecule has 1 N–H and O–H groups in total. The minimum absolute atomic E-state index is 0.173. The summed E-state index contributed by atoms with van der Waals surface area (Å²) in [5.74, 6) is 1.00. The fraction of sp³-hybridized carbons (Fsp3) is 0.0769. The second-order valence-corrected chi connectivity index (χ2v) is 7.09. The maximum Gasteiger partial charge on any atom is 0.166 e. The molecule has 0 saturated heterocycles. The molecule has 0 unspecified atom stereocenters. The van der Waals surface area contributed by atoms with Gasteiger partial charge < -0.3 is 10.1 Å². The van der Waals surface area contributed by atoms with Crippen LogP contribution < -0.4 is 10.1 Å². The number of aromatic nitrogens is 1. The average Bonchev–Trinajstić information content (AvgIpc) is 2.81. The van der Waals surface area contributed by atoms with E-state index < -0.39 is 5.82 Å². The number of benzene rings is 3. The molecule has 1 aromatic heterocycles. The molecule has 4 nitrogen and oxygen atoms in total. The fourth-order valence-corrected chi connectivity index (χ4v) is 3.25. The van der Waals surface area contributed by atoms with Crippen LogP contribution in [0, 0.1) is 17.1 Å². The van der Waals surface area contributed by atoms with E-state index in [9.17, 15) is 4.39 Å². The molecule has 0 saturated carbocycles. The molecule has 31 heavy (non-hydrogen) atoms. The Morgan fingerprint density at radius 1 is 0.935 bits per heavy atom. The number of halogens is 1. The Kier molecular flexibility index (Phi) is 5.91. The van der Waals surface area contributed by atoms with Gasteiger partial charge in [-0.05, 0) is 72.1 Å². The lowest BCUT2D eigenvalue weighted by molar-refractivity contribution is 0.441. The molecule has 4 aromatic rings. The molecule has 3 aromatic carbocycles. The van der Waals surface area contributed by atoms with Crippen LogP contribution in [-0.4, -0.2) is 4.98 Å². The summed E-state index contributed by atoms with van der Waals surface area (Å²) in [6.07, 6.45) is 1.71. The molecule has 0 aliphatic rings. The van der Waals surface area contributed by atoms with Gasteiger partial charge in [-0.15, -0.1) is 0 Å². The largest absolute Gasteiger partial charge is 0.454 e. The van der Waals surface area contributed by atoms with Gasteiger partial charge in [-0.1, -0.05) is 36.4 Å². The van der Waals surface area contributed by atoms with Crippen molar-refractivity contribution in [2.24, 2.45) is 0 Å². The van der Waals surface area contributed by atoms with Gasteiger partial charge in [0.25, 0.3) is 0 Å². The highest BCUT2D eigenvalue weighted by atomic mass is 19.1. The summed E-state index contributed by atoms with van der Waals surface area (Å²) >= 11 is 0. The number of nitriles is 1. The predicted molar refractivity (Wildman–Crippen MR) is 119 cm³/mol. The quantitative estimate of drug-likeness (QED) is 0.384. The molecule has 0 aliphatic heterocycles. The summed E-state index contributed by atoms with van der Waals surface area (Å²) in [5.41, 5.74) is 3.26. The third-order valence-corrected chi connectivity index (χ3v) is 4.88. The van der Waals surface area contributed by atoms with Gasteiger partial charge in [0.15, 0.2) is 11.6 Å². The lowest BCUT2D eigenvalue weighted by Crippen LogP contribution is -2.08. The number of pyridine rings is 1. The Balaban J connectivity index is 1.50. The van der Waals surface area contributed by atoms with Gasteiger partial charge >= 0.3 is 0 Å². The van der Waals surface area contributed by atoms with Gasteiger partial charge in [0.05, 0.1) is 17.7 Å². The van der Waals surface area contributed by atoms with Crippen LogP contribution in [0.15, 0.2) is 91.1 Å². The van der Waals surface area contributed by atoms with Crippen LogP contribution in [0.3, 0.4) is 0 Å². The Hall–Kier alpha value is -4.17. The predicted octanol–water partition coefficient (Wildman–Crippen LogP) is 6.72. The fourth-order valence-electron chi connectivity index (χ4n) is 3.25. The maximum atomic E-state index is 14.6. The van der Waals surface area contributed by atoms with Crippen LogP contribution in [0.2, 0.25) is 0 Å². The zero-order valence-electron chi connectivity index (χ0n) is 16.9. The van der Waals surface area contributed by atoms with Crippen molar-refractivity contribution >= 4 is 5.82 Å². The number of hydrogen-bond acceptors (Lipinski definition) is 4. The van der Waals surface area contributed by atoms with Gasteiger partial charge in [0.2, 0.25) is 0 Å². The van der Waals surface area contributed by atoms with Crippen LogP contribution in [0.25, 0.3) is 11.1 Å². The molecule has 152 valence electrons. The van der Waals surface area contributed by atoms with Crippen LogP contribution in [0.1, 0.15) is 24.1 Å². The van der Waals surface area contributed by atoms with Crippen molar-refractivity contribution < 1.29 is 9.13 Å². The molecular formula is C26H20FN3O. The first-order chi connectivity index (χ1) is 15.1. The van der Waals surface area contributed by atoms with Gasteiger partial charge in [-0.2, -0.15) is 5.26 Å². The topological polar surface area (TPSA) is 57.9 Å². The maximum absolute atomic E-state index is 14.6. The summed E-state index contributed by atoms with van der Waals surface area (Å²) in [6, 6.07) is 27.2. The molecule has 0 aliphatic carbocycles. The Morgan fingerprint density at radius 2 is 1.74 bits per heavy atom. The van der Waals surface area contributed by atoms with E-state index in [2.05, 4.69) is 16.4 Å². The number of hydrogen-bond donors (Lipinski definition) is 1. The van der Waals surface area contributed by atoms with E-state index in [4.69, 9.17) is 10.00 Å². The van der Waals surface area contributed by atoms with Crippen LogP contribution in [0.4, 0.5) is 10.2 Å². The van der Waals surface area contributed by atoms with Crippen molar-refractivity contribution in [1.29, 1.82) is 5.26 Å². The van der Waals surface area contributed by atoms with Crippen LogP contribution in [0.5, 0.6) is 11.5 Å². The third-order valence-electron chi connectivity index (χ3n) is 4.88. The lowest BCUT2D eigenvalue weighted by atomic mass is 10.0. The van der Waals surface area contributed by atoms with E-state index in [1.807, 2.05) is 61.5 Å². The first-order valence-electron chi connectivity index (χ1n) is 9.88. The summed E-state index contributed by atoms with van der Waals surface area (Å²) in [5, 5.41) is 12.4. The zero-order valence-corrected chi connectivity index (χ0v) is 16.9. The standard InChI is InChI=1S/C26H20FN3O/c1-18(20-10-11-25(24(27)15-20)31-23-8-3-2-4-9-23)30-26-16-22(12-13-29-26)21-7-5-6-19(14-21)17-28/h2-16,18H,1H3,(H,29,30)/t18-/m0/s1. The highest BCUT2D eigenvalue weighted by molar-refractivity contribution is 5.67. The second kappa shape index (κ2) is 9.10. The molecule has 5 heteroatoms. The van der Waals surface area contributed by atoms with Gasteiger partial charge in [-0.3, -0.25) is 0 Å². The Labute approximate surface area is 180 Å². The number of rotatable bonds is 6. The number of nitrogens with one attached hydrogen (secondary N) is 1. The second-order valence-electron chi connectivity index (χ2n) is 7.09. The number of para-hydroxylation sites is 1. The molecule has 0 radical (unpaired) electrons. The van der Waals surface area contributed by atoms with Crippen molar-refractivity contribution in [3.8, 4) is 28.7 Å². The molecular weight excluding hydrogens is 389 g/mol. The summed E-state index contributed by atoms with van der Waals surface area (Å²) in [6.45, 7) is 1.94. The molecule has 4 rings (SSSR count). The lowest BCUT2D eigenvalue weighted by Gasteiger charge is -2.17. The van der Waals surface area contributed by atoms with E-state index in [0.717, 1.165) is 16.7 Å². The molecule has 1 heterocycles. The van der Waals surface area contributed by atoms with Crippen molar-refractivity contribution in [1.82, 2.24) is 4.98 Å². The molecule has 0 bridgehead atoms. The summed E-state index contributed by atoms with van der Waals surface area (Å²) < 4.78 is 20.2. The smallest absolute Gasteiger partial charge is 0.166 e. The monoisotopic (exact) mass is 409 g/mol. The van der Waals surface area contributed by atoms with Crippen molar-refractivity contribution in [3.63, 3.8) is 0 Å². The highest BCUT2D eigenvalue weighted by Crippen LogP contribution is 2.29. The van der Waals surface area contributed by atoms with E-state index in [0.29, 0.717) is 17.1 Å².